The van der Waals surface area contributed by atoms with Gasteiger partial charge in [-0.3, -0.25) is 0 Å². The van der Waals surface area contributed by atoms with Crippen LogP contribution in [0.1, 0.15) is 24.4 Å². The van der Waals surface area contributed by atoms with Gasteiger partial charge >= 0.3 is 0 Å². The van der Waals surface area contributed by atoms with E-state index >= 15 is 0 Å². The van der Waals surface area contributed by atoms with Gasteiger partial charge in [0.25, 0.3) is 0 Å². The van der Waals surface area contributed by atoms with Gasteiger partial charge in [-0.05, 0) is 54.7 Å². The van der Waals surface area contributed by atoms with Crippen molar-refractivity contribution in [2.75, 3.05) is 12.4 Å². The molecular formula is C17H17ClFNO. The maximum atomic E-state index is 13.9. The molecule has 0 bridgehead atoms. The summed E-state index contributed by atoms with van der Waals surface area (Å²) in [7, 11) is 1.65. The Morgan fingerprint density at radius 2 is 1.90 bits per heavy atom. The van der Waals surface area contributed by atoms with Crippen molar-refractivity contribution in [3.8, 4) is 5.75 Å². The van der Waals surface area contributed by atoms with E-state index in [1.807, 2.05) is 24.3 Å². The summed E-state index contributed by atoms with van der Waals surface area (Å²) in [5, 5.41) is 3.83. The minimum Gasteiger partial charge on any atom is -0.497 e. The highest BCUT2D eigenvalue weighted by Gasteiger charge is 2.32. The number of hydrogen-bond acceptors (Lipinski definition) is 2. The molecule has 0 amide bonds. The summed E-state index contributed by atoms with van der Waals surface area (Å²) >= 11 is 5.96. The van der Waals surface area contributed by atoms with E-state index in [2.05, 4.69) is 5.32 Å². The Morgan fingerprint density at radius 3 is 2.52 bits per heavy atom. The van der Waals surface area contributed by atoms with E-state index in [0.717, 1.165) is 24.2 Å². The van der Waals surface area contributed by atoms with Crippen molar-refractivity contribution in [2.24, 2.45) is 5.92 Å². The van der Waals surface area contributed by atoms with Crippen LogP contribution >= 0.6 is 11.6 Å². The first kappa shape index (κ1) is 14.2. The third-order valence-electron chi connectivity index (χ3n) is 3.81. The molecule has 0 spiro atoms. The van der Waals surface area contributed by atoms with Gasteiger partial charge in [-0.1, -0.05) is 23.7 Å². The van der Waals surface area contributed by atoms with Gasteiger partial charge in [-0.15, -0.1) is 0 Å². The highest BCUT2D eigenvalue weighted by Crippen LogP contribution is 2.43. The van der Waals surface area contributed by atoms with Crippen LogP contribution in [0, 0.1) is 11.7 Å². The van der Waals surface area contributed by atoms with Gasteiger partial charge in [0, 0.05) is 5.02 Å². The molecule has 1 N–H and O–H groups in total. The van der Waals surface area contributed by atoms with Gasteiger partial charge in [0.1, 0.15) is 11.6 Å². The third-order valence-corrected chi connectivity index (χ3v) is 4.04. The Hall–Kier alpha value is -1.74. The number of methoxy groups -OCH3 is 1. The van der Waals surface area contributed by atoms with Crippen LogP contribution in [0.2, 0.25) is 5.02 Å². The van der Waals surface area contributed by atoms with Gasteiger partial charge in [0.2, 0.25) is 0 Å². The number of rotatable bonds is 5. The summed E-state index contributed by atoms with van der Waals surface area (Å²) in [4.78, 5) is 0. The van der Waals surface area contributed by atoms with E-state index in [9.17, 15) is 4.39 Å². The zero-order valence-electron chi connectivity index (χ0n) is 11.8. The average molecular weight is 306 g/mol. The predicted molar refractivity (Wildman–Crippen MR) is 83.5 cm³/mol. The van der Waals surface area contributed by atoms with Gasteiger partial charge in [-0.2, -0.15) is 0 Å². The molecule has 3 rings (SSSR count). The predicted octanol–water partition coefficient (Wildman–Crippen LogP) is 5.05. The number of hydrogen-bond donors (Lipinski definition) is 1. The van der Waals surface area contributed by atoms with Gasteiger partial charge < -0.3 is 10.1 Å². The van der Waals surface area contributed by atoms with Crippen molar-refractivity contribution >= 4 is 17.3 Å². The zero-order chi connectivity index (χ0) is 14.8. The molecule has 110 valence electrons. The lowest BCUT2D eigenvalue weighted by Crippen LogP contribution is -2.13. The van der Waals surface area contributed by atoms with Crippen LogP contribution in [0.5, 0.6) is 5.75 Å². The van der Waals surface area contributed by atoms with E-state index < -0.39 is 0 Å². The topological polar surface area (TPSA) is 21.3 Å². The molecule has 2 aromatic carbocycles. The number of ether oxygens (including phenoxy) is 1. The molecule has 21 heavy (non-hydrogen) atoms. The first-order valence-corrected chi connectivity index (χ1v) is 7.40. The smallest absolute Gasteiger partial charge is 0.146 e. The highest BCUT2D eigenvalue weighted by molar-refractivity contribution is 6.30. The van der Waals surface area contributed by atoms with E-state index in [4.69, 9.17) is 16.3 Å². The van der Waals surface area contributed by atoms with Crippen LogP contribution < -0.4 is 10.1 Å². The van der Waals surface area contributed by atoms with Crippen LogP contribution in [-0.2, 0) is 0 Å². The van der Waals surface area contributed by atoms with Crippen molar-refractivity contribution in [1.82, 2.24) is 0 Å². The fourth-order valence-electron chi connectivity index (χ4n) is 2.49. The second-order valence-corrected chi connectivity index (χ2v) is 5.79. The maximum absolute atomic E-state index is 13.9. The molecule has 0 saturated heterocycles. The van der Waals surface area contributed by atoms with Crippen molar-refractivity contribution in [2.45, 2.75) is 18.9 Å². The lowest BCUT2D eigenvalue weighted by molar-refractivity contribution is 0.414. The minimum atomic E-state index is -0.279. The summed E-state index contributed by atoms with van der Waals surface area (Å²) in [6, 6.07) is 12.6. The van der Waals surface area contributed by atoms with Crippen LogP contribution in [0.3, 0.4) is 0 Å². The summed E-state index contributed by atoms with van der Waals surface area (Å²) in [6.07, 6.45) is 2.32. The molecule has 1 unspecified atom stereocenters. The van der Waals surface area contributed by atoms with E-state index in [-0.39, 0.29) is 11.9 Å². The lowest BCUT2D eigenvalue weighted by Gasteiger charge is -2.21. The average Bonchev–Trinajstić information content (AvgIpc) is 3.33. The standard InChI is InChI=1S/C17H17ClFNO/c1-21-14-7-4-12(5-8-14)17(11-2-3-11)20-16-10-13(18)6-9-15(16)19/h4-11,17,20H,2-3H2,1H3. The molecule has 4 heteroatoms. The summed E-state index contributed by atoms with van der Waals surface area (Å²) in [5.74, 6) is 1.08. The Morgan fingerprint density at radius 1 is 1.19 bits per heavy atom. The largest absolute Gasteiger partial charge is 0.497 e. The molecule has 2 aromatic rings. The molecule has 1 fully saturated rings. The maximum Gasteiger partial charge on any atom is 0.146 e. The van der Waals surface area contributed by atoms with Gasteiger partial charge in [0.15, 0.2) is 0 Å². The second kappa shape index (κ2) is 5.94. The zero-order valence-corrected chi connectivity index (χ0v) is 12.5. The van der Waals surface area contributed by atoms with Crippen molar-refractivity contribution in [3.05, 3.63) is 58.9 Å². The molecule has 0 heterocycles. The van der Waals surface area contributed by atoms with Gasteiger partial charge in [-0.25, -0.2) is 4.39 Å². The molecule has 1 saturated carbocycles. The highest BCUT2D eigenvalue weighted by atomic mass is 35.5. The first-order chi connectivity index (χ1) is 10.2. The second-order valence-electron chi connectivity index (χ2n) is 5.36. The fourth-order valence-corrected chi connectivity index (χ4v) is 2.66. The van der Waals surface area contributed by atoms with Crippen molar-refractivity contribution in [1.29, 1.82) is 0 Å². The quantitative estimate of drug-likeness (QED) is 0.834. The summed E-state index contributed by atoms with van der Waals surface area (Å²) in [5.41, 5.74) is 1.59. The molecule has 0 aromatic heterocycles. The number of benzene rings is 2. The number of halogens is 2. The molecular weight excluding hydrogens is 289 g/mol. The molecule has 1 aliphatic rings. The lowest BCUT2D eigenvalue weighted by atomic mass is 10.0. The minimum absolute atomic E-state index is 0.101. The van der Waals surface area contributed by atoms with Crippen LogP contribution in [0.4, 0.5) is 10.1 Å². The van der Waals surface area contributed by atoms with Crippen LogP contribution in [-0.4, -0.2) is 7.11 Å². The first-order valence-electron chi connectivity index (χ1n) is 7.03. The van der Waals surface area contributed by atoms with E-state index in [0.29, 0.717) is 16.6 Å². The molecule has 2 nitrogen and oxygen atoms in total. The van der Waals surface area contributed by atoms with Gasteiger partial charge in [0.05, 0.1) is 18.8 Å². The Labute approximate surface area is 128 Å². The van der Waals surface area contributed by atoms with Crippen molar-refractivity contribution in [3.63, 3.8) is 0 Å². The number of nitrogens with one attached hydrogen (secondary N) is 1. The Bertz CT molecular complexity index is 625. The number of anilines is 1. The Kier molecular flexibility index (Phi) is 4.02. The molecule has 0 radical (unpaired) electrons. The SMILES string of the molecule is COc1ccc(C(Nc2cc(Cl)ccc2F)C2CC2)cc1. The monoisotopic (exact) mass is 305 g/mol. The third kappa shape index (κ3) is 3.30. The van der Waals surface area contributed by atoms with Crippen molar-refractivity contribution < 1.29 is 9.13 Å². The van der Waals surface area contributed by atoms with E-state index in [1.54, 1.807) is 19.2 Å². The molecule has 1 atom stereocenters. The summed E-state index contributed by atoms with van der Waals surface area (Å²) < 4.78 is 19.1. The molecule has 1 aliphatic carbocycles. The molecule has 0 aliphatic heterocycles. The summed E-state index contributed by atoms with van der Waals surface area (Å²) in [6.45, 7) is 0. The Balaban J connectivity index is 1.86. The van der Waals surface area contributed by atoms with Crippen LogP contribution in [0.25, 0.3) is 0 Å². The normalized spacial score (nSPS) is 15.6. The van der Waals surface area contributed by atoms with E-state index in [1.165, 1.54) is 6.07 Å². The van der Waals surface area contributed by atoms with Crippen LogP contribution in [0.15, 0.2) is 42.5 Å². The fraction of sp³-hybridized carbons (Fsp3) is 0.294.